The van der Waals surface area contributed by atoms with Crippen molar-refractivity contribution in [3.05, 3.63) is 60.3 Å². The first-order valence-electron chi connectivity index (χ1n) is 8.58. The summed E-state index contributed by atoms with van der Waals surface area (Å²) in [7, 11) is 0. The number of carbonyl (C=O) groups is 1. The summed E-state index contributed by atoms with van der Waals surface area (Å²) in [6.07, 6.45) is 5.28. The van der Waals surface area contributed by atoms with Gasteiger partial charge in [0.15, 0.2) is 18.0 Å². The van der Waals surface area contributed by atoms with E-state index >= 15 is 0 Å². The Morgan fingerprint density at radius 2 is 2.14 bits per heavy atom. The fourth-order valence-corrected chi connectivity index (χ4v) is 3.37. The molecule has 4 aromatic rings. The van der Waals surface area contributed by atoms with Crippen LogP contribution in [0.3, 0.4) is 0 Å². The number of hydrogen-bond acceptors (Lipinski definition) is 6. The predicted molar refractivity (Wildman–Crippen MR) is 104 cm³/mol. The van der Waals surface area contributed by atoms with Crippen LogP contribution in [0.4, 0.5) is 3.89 Å². The normalized spacial score (nSPS) is 11.1. The van der Waals surface area contributed by atoms with E-state index in [1.165, 1.54) is 0 Å². The van der Waals surface area contributed by atoms with E-state index in [1.54, 1.807) is 25.4 Å². The van der Waals surface area contributed by atoms with Crippen LogP contribution in [0.2, 0.25) is 0 Å². The molecule has 28 heavy (non-hydrogen) atoms. The molecule has 0 amide bonds. The maximum atomic E-state index is 13.7. The van der Waals surface area contributed by atoms with Crippen LogP contribution in [-0.2, 0) is 4.74 Å². The number of halogens is 1. The second-order valence-corrected chi connectivity index (χ2v) is 6.49. The Morgan fingerprint density at radius 1 is 1.29 bits per heavy atom. The van der Waals surface area contributed by atoms with E-state index in [4.69, 9.17) is 4.74 Å². The highest BCUT2D eigenvalue weighted by molar-refractivity contribution is 7.92. The van der Waals surface area contributed by atoms with E-state index in [0.717, 1.165) is 15.4 Å². The van der Waals surface area contributed by atoms with Crippen LogP contribution in [-0.4, -0.2) is 36.1 Å². The van der Waals surface area contributed by atoms with E-state index in [2.05, 4.69) is 15.1 Å². The van der Waals surface area contributed by atoms with Crippen LogP contribution in [0.15, 0.2) is 48.9 Å². The number of imidazole rings is 1. The summed E-state index contributed by atoms with van der Waals surface area (Å²) in [5.41, 5.74) is 3.63. The lowest BCUT2D eigenvalue weighted by molar-refractivity contribution is 0.0518. The maximum absolute atomic E-state index is 13.7. The molecule has 0 fully saturated rings. The molecule has 4 aromatic heterocycles. The van der Waals surface area contributed by atoms with Crippen molar-refractivity contribution in [2.75, 3.05) is 6.61 Å². The average molecular weight is 397 g/mol. The van der Waals surface area contributed by atoms with Gasteiger partial charge in [-0.05, 0) is 38.1 Å². The molecule has 0 bridgehead atoms. The topological polar surface area (TPSA) is 74.3 Å². The summed E-state index contributed by atoms with van der Waals surface area (Å²) in [5.74, 6) is -0.653. The summed E-state index contributed by atoms with van der Waals surface area (Å²) in [4.78, 5) is 21.4. The van der Waals surface area contributed by atoms with Gasteiger partial charge in [0, 0.05) is 35.4 Å². The van der Waals surface area contributed by atoms with Gasteiger partial charge in [0.05, 0.1) is 12.3 Å². The van der Waals surface area contributed by atoms with Gasteiger partial charge in [-0.25, -0.2) is 9.78 Å². The van der Waals surface area contributed by atoms with Gasteiger partial charge < -0.3 is 9.14 Å². The molecule has 4 rings (SSSR count). The van der Waals surface area contributed by atoms with Gasteiger partial charge in [0.1, 0.15) is 11.3 Å². The second kappa shape index (κ2) is 7.43. The number of rotatable bonds is 5. The van der Waals surface area contributed by atoms with Crippen LogP contribution in [0, 0.1) is 6.92 Å². The zero-order valence-corrected chi connectivity index (χ0v) is 16.0. The van der Waals surface area contributed by atoms with Crippen molar-refractivity contribution in [1.29, 1.82) is 0 Å². The van der Waals surface area contributed by atoms with Gasteiger partial charge in [-0.2, -0.15) is 9.19 Å². The highest BCUT2D eigenvalue weighted by Gasteiger charge is 2.28. The van der Waals surface area contributed by atoms with E-state index in [1.807, 2.05) is 41.8 Å². The standard InChI is InChI=1S/C19H16FN5O2S/c1-3-27-19(26)18-16(13-7-8-15-21-9-10-24(15)11-13)17(23-25(18)28-20)14-6-4-5-12(2)22-14/h4-11H,3H2,1-2H3. The molecule has 0 aromatic carbocycles. The summed E-state index contributed by atoms with van der Waals surface area (Å²) in [6, 6.07) is 9.10. The van der Waals surface area contributed by atoms with Crippen molar-refractivity contribution in [2.45, 2.75) is 13.8 Å². The van der Waals surface area contributed by atoms with Crippen LogP contribution in [0.25, 0.3) is 28.2 Å². The van der Waals surface area contributed by atoms with Crippen molar-refractivity contribution in [3.8, 4) is 22.5 Å². The summed E-state index contributed by atoms with van der Waals surface area (Å²) >= 11 is -0.159. The molecule has 142 valence electrons. The Hall–Kier alpha value is -3.20. The minimum absolute atomic E-state index is 0.0205. The van der Waals surface area contributed by atoms with Crippen molar-refractivity contribution in [3.63, 3.8) is 0 Å². The number of ether oxygens (including phenoxy) is 1. The van der Waals surface area contributed by atoms with Crippen molar-refractivity contribution in [2.24, 2.45) is 0 Å². The van der Waals surface area contributed by atoms with Crippen LogP contribution in [0.1, 0.15) is 23.1 Å². The van der Waals surface area contributed by atoms with Crippen molar-refractivity contribution < 1.29 is 13.4 Å². The Kier molecular flexibility index (Phi) is 4.82. The molecule has 0 aliphatic rings. The zero-order chi connectivity index (χ0) is 19.7. The molecule has 0 spiro atoms. The molecule has 0 radical (unpaired) electrons. The third-order valence-electron chi connectivity index (χ3n) is 4.20. The number of hydrogen-bond donors (Lipinski definition) is 0. The Morgan fingerprint density at radius 3 is 2.89 bits per heavy atom. The number of aromatic nitrogens is 5. The van der Waals surface area contributed by atoms with Gasteiger partial charge in [-0.3, -0.25) is 4.98 Å². The molecule has 7 nitrogen and oxygen atoms in total. The Bertz CT molecular complexity index is 1170. The maximum Gasteiger partial charge on any atom is 0.358 e. The number of pyridine rings is 2. The quantitative estimate of drug-likeness (QED) is 0.472. The van der Waals surface area contributed by atoms with Crippen LogP contribution >= 0.6 is 12.3 Å². The number of esters is 1. The van der Waals surface area contributed by atoms with Gasteiger partial charge in [0.25, 0.3) is 0 Å². The first-order valence-corrected chi connectivity index (χ1v) is 9.26. The first kappa shape index (κ1) is 18.2. The van der Waals surface area contributed by atoms with E-state index in [0.29, 0.717) is 22.5 Å². The molecule has 4 heterocycles. The van der Waals surface area contributed by atoms with E-state index in [-0.39, 0.29) is 24.6 Å². The molecule has 0 saturated heterocycles. The molecule has 9 heteroatoms. The lowest BCUT2D eigenvalue weighted by Gasteiger charge is -2.08. The highest BCUT2D eigenvalue weighted by atomic mass is 32.2. The molecule has 0 aliphatic heterocycles. The molecular weight excluding hydrogens is 381 g/mol. The number of aryl methyl sites for hydroxylation is 1. The van der Waals surface area contributed by atoms with E-state index < -0.39 is 5.97 Å². The van der Waals surface area contributed by atoms with Crippen LogP contribution in [0.5, 0.6) is 0 Å². The summed E-state index contributed by atoms with van der Waals surface area (Å²) < 4.78 is 21.6. The number of nitrogens with zero attached hydrogens (tertiary/aromatic N) is 5. The molecule has 0 saturated carbocycles. The third-order valence-corrected chi connectivity index (χ3v) is 4.59. The number of carbonyl (C=O) groups excluding carboxylic acids is 1. The first-order chi connectivity index (χ1) is 13.6. The second-order valence-electron chi connectivity index (χ2n) is 6.01. The van der Waals surface area contributed by atoms with Gasteiger partial charge in [-0.15, -0.1) is 3.89 Å². The predicted octanol–water partition coefficient (Wildman–Crippen LogP) is 4.13. The molecule has 0 atom stereocenters. The fourth-order valence-electron chi connectivity index (χ4n) is 3.02. The highest BCUT2D eigenvalue weighted by Crippen LogP contribution is 2.36. The summed E-state index contributed by atoms with van der Waals surface area (Å²) in [6.45, 7) is 3.72. The smallest absolute Gasteiger partial charge is 0.358 e. The largest absolute Gasteiger partial charge is 0.461 e. The lowest BCUT2D eigenvalue weighted by atomic mass is 10.0. The zero-order valence-electron chi connectivity index (χ0n) is 15.2. The minimum Gasteiger partial charge on any atom is -0.461 e. The molecule has 0 aliphatic carbocycles. The molecular formula is C19H16FN5O2S. The SMILES string of the molecule is CCOC(=O)c1c(-c2ccc3nccn3c2)c(-c2cccc(C)n2)nn1SF. The van der Waals surface area contributed by atoms with Crippen molar-refractivity contribution in [1.82, 2.24) is 23.6 Å². The third kappa shape index (κ3) is 3.13. The van der Waals surface area contributed by atoms with Gasteiger partial charge >= 0.3 is 5.97 Å². The van der Waals surface area contributed by atoms with Crippen LogP contribution < -0.4 is 0 Å². The Labute approximate surface area is 164 Å². The van der Waals surface area contributed by atoms with Gasteiger partial charge in [0.2, 0.25) is 0 Å². The lowest BCUT2D eigenvalue weighted by Crippen LogP contribution is -2.10. The fraction of sp³-hybridized carbons (Fsp3) is 0.158. The average Bonchev–Trinajstić information content (AvgIpc) is 3.31. The molecule has 0 unspecified atom stereocenters. The van der Waals surface area contributed by atoms with E-state index in [9.17, 15) is 8.68 Å². The molecule has 0 N–H and O–H groups in total. The minimum atomic E-state index is -0.653. The Balaban J connectivity index is 2.01. The number of fused-ring (bicyclic) bond motifs is 1. The summed E-state index contributed by atoms with van der Waals surface area (Å²) in [5, 5.41) is 4.30. The van der Waals surface area contributed by atoms with Crippen molar-refractivity contribution >= 4 is 24.0 Å². The monoisotopic (exact) mass is 397 g/mol. The van der Waals surface area contributed by atoms with Gasteiger partial charge in [-0.1, -0.05) is 6.07 Å².